The van der Waals surface area contributed by atoms with Crippen molar-refractivity contribution in [2.24, 2.45) is 0 Å². The van der Waals surface area contributed by atoms with Crippen molar-refractivity contribution in [3.8, 4) is 0 Å². The third-order valence-corrected chi connectivity index (χ3v) is 8.72. The maximum atomic E-state index is 12.2. The Hall–Kier alpha value is -1.73. The number of ether oxygens (including phenoxy) is 2. The quantitative estimate of drug-likeness (QED) is 0.0168. The molecule has 0 aromatic rings. The lowest BCUT2D eigenvalue weighted by Gasteiger charge is -2.17. The number of rotatable bonds is 35. The summed E-state index contributed by atoms with van der Waals surface area (Å²) in [5.41, 5.74) is 0. The monoisotopic (exact) mass is 698 g/mol. The van der Waals surface area contributed by atoms with E-state index in [0.29, 0.717) is 6.42 Å². The van der Waals surface area contributed by atoms with Gasteiger partial charge in [-0.3, -0.25) is 9.32 Å². The van der Waals surface area contributed by atoms with Gasteiger partial charge in [0.2, 0.25) is 0 Å². The number of hydrogen-bond donors (Lipinski definition) is 2. The van der Waals surface area contributed by atoms with E-state index in [2.05, 4.69) is 30.5 Å². The summed E-state index contributed by atoms with van der Waals surface area (Å²) in [5, 5.41) is 0. The molecule has 2 N–H and O–H groups in total. The second kappa shape index (κ2) is 35.1. The molecule has 0 heterocycles. The number of hydrogen-bond acceptors (Lipinski definition) is 6. The molecule has 280 valence electrons. The fourth-order valence-electron chi connectivity index (χ4n) is 5.33. The van der Waals surface area contributed by atoms with Crippen LogP contribution in [0.3, 0.4) is 0 Å². The number of carbonyl (C=O) groups excluding carboxylic acids is 2. The van der Waals surface area contributed by atoms with E-state index in [9.17, 15) is 14.2 Å². The zero-order valence-corrected chi connectivity index (χ0v) is 31.5. The zero-order chi connectivity index (χ0) is 35.4. The summed E-state index contributed by atoms with van der Waals surface area (Å²) >= 11 is 0. The smallest absolute Gasteiger partial charge is 0.462 e. The zero-order valence-electron chi connectivity index (χ0n) is 30.6. The highest BCUT2D eigenvalue weighted by molar-refractivity contribution is 7.46. The average molecular weight is 699 g/mol. The second-order valence-corrected chi connectivity index (χ2v) is 14.2. The van der Waals surface area contributed by atoms with Gasteiger partial charge in [-0.1, -0.05) is 160 Å². The Morgan fingerprint density at radius 1 is 0.583 bits per heavy atom. The summed E-state index contributed by atoms with van der Waals surface area (Å²) in [6.07, 6.45) is 40.6. The first-order valence-corrected chi connectivity index (χ1v) is 20.9. The Kier molecular flexibility index (Phi) is 33.8. The Labute approximate surface area is 293 Å². The SMILES string of the molecule is CCCCCC/C=C/CCCCCCCCCC(=O)OC[C@H](COP(=O)(O)O)OC(=O)/C=C/C=C/CCCCCCCCCCCCC. The van der Waals surface area contributed by atoms with E-state index in [0.717, 1.165) is 38.5 Å². The van der Waals surface area contributed by atoms with E-state index in [-0.39, 0.29) is 13.0 Å². The van der Waals surface area contributed by atoms with E-state index in [1.807, 2.05) is 6.08 Å². The van der Waals surface area contributed by atoms with Gasteiger partial charge in [-0.15, -0.1) is 0 Å². The topological polar surface area (TPSA) is 119 Å². The van der Waals surface area contributed by atoms with Gasteiger partial charge in [-0.2, -0.15) is 0 Å². The van der Waals surface area contributed by atoms with Crippen LogP contribution in [0, 0.1) is 0 Å². The molecule has 0 fully saturated rings. The third-order valence-electron chi connectivity index (χ3n) is 8.24. The van der Waals surface area contributed by atoms with Gasteiger partial charge in [-0.05, 0) is 44.9 Å². The van der Waals surface area contributed by atoms with Crippen LogP contribution >= 0.6 is 7.82 Å². The van der Waals surface area contributed by atoms with Crippen LogP contribution in [0.1, 0.15) is 181 Å². The lowest BCUT2D eigenvalue weighted by molar-refractivity contribution is -0.157. The minimum atomic E-state index is -4.77. The van der Waals surface area contributed by atoms with Gasteiger partial charge in [-0.25, -0.2) is 9.36 Å². The molecule has 1 atom stereocenters. The maximum absolute atomic E-state index is 12.2. The third kappa shape index (κ3) is 37.1. The summed E-state index contributed by atoms with van der Waals surface area (Å²) in [7, 11) is -4.77. The number of phosphoric ester groups is 1. The van der Waals surface area contributed by atoms with Crippen molar-refractivity contribution in [1.82, 2.24) is 0 Å². The van der Waals surface area contributed by atoms with Crippen molar-refractivity contribution in [2.75, 3.05) is 13.2 Å². The molecule has 0 aromatic heterocycles. The summed E-state index contributed by atoms with van der Waals surface area (Å²) in [4.78, 5) is 42.6. The largest absolute Gasteiger partial charge is 0.469 e. The molecule has 0 amide bonds. The number of phosphoric acid groups is 1. The molecule has 0 radical (unpaired) electrons. The molecule has 0 aliphatic heterocycles. The number of carbonyl (C=O) groups is 2. The molecule has 0 spiro atoms. The average Bonchev–Trinajstić information content (AvgIpc) is 3.05. The van der Waals surface area contributed by atoms with Crippen LogP contribution in [0.2, 0.25) is 0 Å². The number of unbranched alkanes of at least 4 members (excludes halogenated alkanes) is 22. The molecule has 0 saturated heterocycles. The summed E-state index contributed by atoms with van der Waals surface area (Å²) < 4.78 is 26.1. The summed E-state index contributed by atoms with van der Waals surface area (Å²) in [6, 6.07) is 0. The van der Waals surface area contributed by atoms with Crippen LogP contribution in [0.4, 0.5) is 0 Å². The molecule has 0 aliphatic rings. The normalized spacial score (nSPS) is 12.8. The predicted molar refractivity (Wildman–Crippen MR) is 198 cm³/mol. The van der Waals surface area contributed by atoms with Gasteiger partial charge in [0.25, 0.3) is 0 Å². The van der Waals surface area contributed by atoms with Crippen molar-refractivity contribution in [3.05, 3.63) is 36.5 Å². The van der Waals surface area contributed by atoms with E-state index >= 15 is 0 Å². The first-order chi connectivity index (χ1) is 23.3. The fraction of sp³-hybridized carbons (Fsp3) is 0.795. The molecule has 0 aromatic carbocycles. The van der Waals surface area contributed by atoms with Crippen LogP contribution in [-0.4, -0.2) is 41.0 Å². The molecule has 9 heteroatoms. The lowest BCUT2D eigenvalue weighted by Crippen LogP contribution is -2.29. The van der Waals surface area contributed by atoms with Gasteiger partial charge in [0, 0.05) is 12.5 Å². The molecule has 8 nitrogen and oxygen atoms in total. The highest BCUT2D eigenvalue weighted by Crippen LogP contribution is 2.35. The van der Waals surface area contributed by atoms with Crippen molar-refractivity contribution in [2.45, 2.75) is 187 Å². The molecule has 0 unspecified atom stereocenters. The highest BCUT2D eigenvalue weighted by Gasteiger charge is 2.22. The second-order valence-electron chi connectivity index (χ2n) is 13.0. The van der Waals surface area contributed by atoms with Crippen LogP contribution < -0.4 is 0 Å². The van der Waals surface area contributed by atoms with Crippen LogP contribution in [0.25, 0.3) is 0 Å². The minimum Gasteiger partial charge on any atom is -0.462 e. The van der Waals surface area contributed by atoms with Crippen molar-refractivity contribution in [1.29, 1.82) is 0 Å². The van der Waals surface area contributed by atoms with Crippen molar-refractivity contribution >= 4 is 19.8 Å². The Bertz CT molecular complexity index is 879. The van der Waals surface area contributed by atoms with E-state index < -0.39 is 32.5 Å². The molecule has 48 heavy (non-hydrogen) atoms. The van der Waals surface area contributed by atoms with Gasteiger partial charge in [0.15, 0.2) is 6.10 Å². The van der Waals surface area contributed by atoms with Gasteiger partial charge in [0.1, 0.15) is 6.61 Å². The first-order valence-electron chi connectivity index (χ1n) is 19.3. The molecular formula is C39H71O8P. The summed E-state index contributed by atoms with van der Waals surface area (Å²) in [5.74, 6) is -1.14. The van der Waals surface area contributed by atoms with E-state index in [4.69, 9.17) is 19.3 Å². The molecule has 0 aliphatic carbocycles. The van der Waals surface area contributed by atoms with Crippen LogP contribution in [-0.2, 0) is 28.2 Å². The van der Waals surface area contributed by atoms with Gasteiger partial charge < -0.3 is 19.3 Å². The standard InChI is InChI=1S/C39H71O8P/c1-3-5-7-9-11-13-15-17-19-21-23-25-27-29-31-33-38(40)45-35-37(36-46-48(42,43)44)47-39(41)34-32-30-28-26-24-22-20-18-16-14-12-10-8-6-4-2/h13,15,28,30,32,34,37H,3-12,14,16-27,29,31,33,35-36H2,1-2H3,(H2,42,43,44)/b15-13+,30-28+,34-32+/t37-/m1/s1. The summed E-state index contributed by atoms with van der Waals surface area (Å²) in [6.45, 7) is 3.57. The van der Waals surface area contributed by atoms with E-state index in [1.165, 1.54) is 122 Å². The van der Waals surface area contributed by atoms with E-state index in [1.54, 1.807) is 12.2 Å². The highest BCUT2D eigenvalue weighted by atomic mass is 31.2. The van der Waals surface area contributed by atoms with Crippen molar-refractivity contribution < 1.29 is 37.9 Å². The Balaban J connectivity index is 4.06. The molecule has 0 saturated carbocycles. The lowest BCUT2D eigenvalue weighted by atomic mass is 10.1. The first kappa shape index (κ1) is 46.3. The van der Waals surface area contributed by atoms with Crippen molar-refractivity contribution in [3.63, 3.8) is 0 Å². The predicted octanol–water partition coefficient (Wildman–Crippen LogP) is 11.4. The van der Waals surface area contributed by atoms with Crippen LogP contribution in [0.5, 0.6) is 0 Å². The van der Waals surface area contributed by atoms with Gasteiger partial charge in [0.05, 0.1) is 6.61 Å². The fourth-order valence-corrected chi connectivity index (χ4v) is 5.69. The molecular weight excluding hydrogens is 627 g/mol. The number of esters is 2. The maximum Gasteiger partial charge on any atom is 0.469 e. The Morgan fingerprint density at radius 3 is 1.52 bits per heavy atom. The minimum absolute atomic E-state index is 0.243. The number of allylic oxidation sites excluding steroid dienone is 5. The molecule has 0 bridgehead atoms. The molecule has 0 rings (SSSR count). The van der Waals surface area contributed by atoms with Crippen LogP contribution in [0.15, 0.2) is 36.5 Å². The van der Waals surface area contributed by atoms with Gasteiger partial charge >= 0.3 is 19.8 Å². The Morgan fingerprint density at radius 2 is 1.02 bits per heavy atom.